The highest BCUT2D eigenvalue weighted by atomic mass is 19.1. The Bertz CT molecular complexity index is 1010. The number of aryl methyl sites for hydroxylation is 1. The lowest BCUT2D eigenvalue weighted by atomic mass is 10.1. The van der Waals surface area contributed by atoms with E-state index in [-0.39, 0.29) is 36.0 Å². The summed E-state index contributed by atoms with van der Waals surface area (Å²) in [4.78, 5) is 26.4. The van der Waals surface area contributed by atoms with Gasteiger partial charge in [0, 0.05) is 18.7 Å². The molecule has 0 unspecified atom stereocenters. The van der Waals surface area contributed by atoms with E-state index < -0.39 is 11.7 Å². The van der Waals surface area contributed by atoms with Gasteiger partial charge in [0.15, 0.2) is 5.82 Å². The number of aromatic amines is 1. The highest BCUT2D eigenvalue weighted by molar-refractivity contribution is 6.07. The van der Waals surface area contributed by atoms with Crippen molar-refractivity contribution in [2.75, 3.05) is 16.8 Å². The fourth-order valence-corrected chi connectivity index (χ4v) is 3.24. The van der Waals surface area contributed by atoms with Crippen LogP contribution in [0.2, 0.25) is 0 Å². The van der Waals surface area contributed by atoms with Crippen LogP contribution in [0.3, 0.4) is 0 Å². The number of H-pyrrole nitrogens is 1. The number of fused-ring (bicyclic) bond motifs is 1. The molecule has 2 heterocycles. The van der Waals surface area contributed by atoms with Crippen LogP contribution < -0.4 is 10.2 Å². The highest BCUT2D eigenvalue weighted by Gasteiger charge is 2.37. The Kier molecular flexibility index (Phi) is 3.91. The molecule has 7 heteroatoms. The number of para-hydroxylation sites is 1. The number of aromatic nitrogens is 2. The van der Waals surface area contributed by atoms with Crippen LogP contribution in [-0.2, 0) is 9.59 Å². The van der Waals surface area contributed by atoms with E-state index in [0.717, 1.165) is 11.3 Å². The molecule has 132 valence electrons. The SMILES string of the molecule is Cc1ccccc1NC(=O)[C@H]1CC(=O)N(c2n[nH]c3cccc(F)c23)C1. The average molecular weight is 352 g/mol. The van der Waals surface area contributed by atoms with E-state index >= 15 is 0 Å². The second-order valence-corrected chi connectivity index (χ2v) is 6.42. The Morgan fingerprint density at radius 1 is 1.27 bits per heavy atom. The van der Waals surface area contributed by atoms with E-state index in [9.17, 15) is 14.0 Å². The molecule has 6 nitrogen and oxygen atoms in total. The minimum atomic E-state index is -0.513. The van der Waals surface area contributed by atoms with Gasteiger partial charge in [0.2, 0.25) is 11.8 Å². The van der Waals surface area contributed by atoms with Crippen LogP contribution in [0.4, 0.5) is 15.9 Å². The van der Waals surface area contributed by atoms with Crippen molar-refractivity contribution in [1.82, 2.24) is 10.2 Å². The Labute approximate surface area is 149 Å². The summed E-state index contributed by atoms with van der Waals surface area (Å²) < 4.78 is 14.2. The fraction of sp³-hybridized carbons (Fsp3) is 0.211. The van der Waals surface area contributed by atoms with Crippen molar-refractivity contribution >= 4 is 34.2 Å². The van der Waals surface area contributed by atoms with E-state index in [1.165, 1.54) is 11.0 Å². The number of amides is 2. The Morgan fingerprint density at radius 2 is 2.08 bits per heavy atom. The van der Waals surface area contributed by atoms with E-state index in [1.807, 2.05) is 31.2 Å². The smallest absolute Gasteiger partial charge is 0.229 e. The number of hydrogen-bond donors (Lipinski definition) is 2. The van der Waals surface area contributed by atoms with Gasteiger partial charge in [0.1, 0.15) is 5.82 Å². The average Bonchev–Trinajstić information content (AvgIpc) is 3.21. The quantitative estimate of drug-likeness (QED) is 0.761. The summed E-state index contributed by atoms with van der Waals surface area (Å²) in [7, 11) is 0. The lowest BCUT2D eigenvalue weighted by molar-refractivity contribution is -0.122. The van der Waals surface area contributed by atoms with Crippen molar-refractivity contribution < 1.29 is 14.0 Å². The molecule has 1 saturated heterocycles. The standard InChI is InChI=1S/C19H17FN4O2/c1-11-5-2-3-7-14(11)21-19(26)12-9-16(25)24(10-12)18-17-13(20)6-4-8-15(17)22-23-18/h2-8,12H,9-10H2,1H3,(H,21,26)(H,22,23)/t12-/m0/s1. The van der Waals surface area contributed by atoms with Gasteiger partial charge < -0.3 is 5.32 Å². The maximum Gasteiger partial charge on any atom is 0.229 e. The molecule has 2 N–H and O–H groups in total. The van der Waals surface area contributed by atoms with Gasteiger partial charge in [0.25, 0.3) is 0 Å². The lowest BCUT2D eigenvalue weighted by Gasteiger charge is -2.15. The van der Waals surface area contributed by atoms with Crippen LogP contribution in [0.5, 0.6) is 0 Å². The molecule has 0 spiro atoms. The van der Waals surface area contributed by atoms with Crippen LogP contribution in [0.1, 0.15) is 12.0 Å². The largest absolute Gasteiger partial charge is 0.326 e. The first-order valence-electron chi connectivity index (χ1n) is 8.34. The molecule has 0 aliphatic carbocycles. The van der Waals surface area contributed by atoms with Gasteiger partial charge in [-0.2, -0.15) is 5.10 Å². The first-order valence-corrected chi connectivity index (χ1v) is 8.34. The van der Waals surface area contributed by atoms with Crippen molar-refractivity contribution in [2.24, 2.45) is 5.92 Å². The molecule has 0 radical (unpaired) electrons. The van der Waals surface area contributed by atoms with Gasteiger partial charge >= 0.3 is 0 Å². The molecule has 1 aromatic heterocycles. The van der Waals surface area contributed by atoms with E-state index in [1.54, 1.807) is 12.1 Å². The van der Waals surface area contributed by atoms with Gasteiger partial charge in [-0.1, -0.05) is 24.3 Å². The normalized spacial score (nSPS) is 17.1. The number of halogens is 1. The predicted octanol–water partition coefficient (Wildman–Crippen LogP) is 3.00. The molecule has 1 fully saturated rings. The zero-order valence-electron chi connectivity index (χ0n) is 14.1. The molecular formula is C19H17FN4O2. The Morgan fingerprint density at radius 3 is 2.88 bits per heavy atom. The highest BCUT2D eigenvalue weighted by Crippen LogP contribution is 2.31. The maximum atomic E-state index is 14.2. The summed E-state index contributed by atoms with van der Waals surface area (Å²) in [6.45, 7) is 2.07. The summed E-state index contributed by atoms with van der Waals surface area (Å²) in [5, 5.41) is 9.95. The lowest BCUT2D eigenvalue weighted by Crippen LogP contribution is -2.28. The van der Waals surface area contributed by atoms with E-state index in [4.69, 9.17) is 0 Å². The molecule has 2 amide bonds. The number of hydrogen-bond acceptors (Lipinski definition) is 3. The monoisotopic (exact) mass is 352 g/mol. The number of nitrogens with zero attached hydrogens (tertiary/aromatic N) is 2. The van der Waals surface area contributed by atoms with E-state index in [2.05, 4.69) is 15.5 Å². The molecule has 4 rings (SSSR count). The van der Waals surface area contributed by atoms with Crippen molar-refractivity contribution in [2.45, 2.75) is 13.3 Å². The van der Waals surface area contributed by atoms with Crippen LogP contribution in [0.25, 0.3) is 10.9 Å². The van der Waals surface area contributed by atoms with Crippen molar-refractivity contribution in [3.05, 3.63) is 53.8 Å². The predicted molar refractivity (Wildman–Crippen MR) is 96.3 cm³/mol. The van der Waals surface area contributed by atoms with Crippen molar-refractivity contribution in [3.63, 3.8) is 0 Å². The second-order valence-electron chi connectivity index (χ2n) is 6.42. The summed E-state index contributed by atoms with van der Waals surface area (Å²) >= 11 is 0. The van der Waals surface area contributed by atoms with Gasteiger partial charge in [0.05, 0.1) is 16.8 Å². The zero-order valence-corrected chi connectivity index (χ0v) is 14.1. The van der Waals surface area contributed by atoms with Crippen LogP contribution in [-0.4, -0.2) is 28.6 Å². The first kappa shape index (κ1) is 16.3. The third-order valence-electron chi connectivity index (χ3n) is 4.67. The number of carbonyl (C=O) groups excluding carboxylic acids is 2. The van der Waals surface area contributed by atoms with Crippen LogP contribution in [0.15, 0.2) is 42.5 Å². The molecule has 2 aromatic carbocycles. The molecular weight excluding hydrogens is 335 g/mol. The van der Waals surface area contributed by atoms with Crippen LogP contribution >= 0.6 is 0 Å². The molecule has 1 atom stereocenters. The first-order chi connectivity index (χ1) is 12.5. The third kappa shape index (κ3) is 2.71. The molecule has 1 aliphatic rings. The van der Waals surface area contributed by atoms with Crippen LogP contribution in [0, 0.1) is 18.7 Å². The molecule has 26 heavy (non-hydrogen) atoms. The number of carbonyl (C=O) groups is 2. The minimum Gasteiger partial charge on any atom is -0.326 e. The minimum absolute atomic E-state index is 0.0700. The number of nitrogens with one attached hydrogen (secondary N) is 2. The summed E-state index contributed by atoms with van der Waals surface area (Å²) in [5.41, 5.74) is 2.18. The molecule has 1 aliphatic heterocycles. The van der Waals surface area contributed by atoms with Gasteiger partial charge in [-0.05, 0) is 30.7 Å². The van der Waals surface area contributed by atoms with Gasteiger partial charge in [-0.15, -0.1) is 0 Å². The topological polar surface area (TPSA) is 78.1 Å². The third-order valence-corrected chi connectivity index (χ3v) is 4.67. The second kappa shape index (κ2) is 6.25. The summed E-state index contributed by atoms with van der Waals surface area (Å²) in [6, 6.07) is 12.0. The maximum absolute atomic E-state index is 14.2. The molecule has 3 aromatic rings. The number of rotatable bonds is 3. The van der Waals surface area contributed by atoms with Crippen molar-refractivity contribution in [1.29, 1.82) is 0 Å². The number of benzene rings is 2. The molecule has 0 bridgehead atoms. The van der Waals surface area contributed by atoms with E-state index in [0.29, 0.717) is 5.52 Å². The Hall–Kier alpha value is -3.22. The summed E-state index contributed by atoms with van der Waals surface area (Å²) in [5.74, 6) is -1.20. The number of anilines is 2. The fourth-order valence-electron chi connectivity index (χ4n) is 3.24. The van der Waals surface area contributed by atoms with Gasteiger partial charge in [-0.25, -0.2) is 4.39 Å². The Balaban J connectivity index is 1.57. The van der Waals surface area contributed by atoms with Gasteiger partial charge in [-0.3, -0.25) is 19.6 Å². The molecule has 0 saturated carbocycles. The van der Waals surface area contributed by atoms with Crippen molar-refractivity contribution in [3.8, 4) is 0 Å². The zero-order chi connectivity index (χ0) is 18.3. The summed E-state index contributed by atoms with van der Waals surface area (Å²) in [6.07, 6.45) is 0.0700.